The Morgan fingerprint density at radius 3 is 2.68 bits per heavy atom. The van der Waals surface area contributed by atoms with Crippen LogP contribution >= 0.6 is 11.3 Å². The maximum atomic E-state index is 13.1. The number of carbonyl (C=O) groups is 2. The van der Waals surface area contributed by atoms with Gasteiger partial charge in [0.05, 0.1) is 12.0 Å². The predicted octanol–water partition coefficient (Wildman–Crippen LogP) is 4.46. The number of aryl methyl sites for hydroxylation is 1. The molecule has 0 saturated heterocycles. The van der Waals surface area contributed by atoms with E-state index in [9.17, 15) is 14.9 Å². The first kappa shape index (κ1) is 22.2. The number of thiazole rings is 1. The van der Waals surface area contributed by atoms with Gasteiger partial charge in [0.15, 0.2) is 5.13 Å². The van der Waals surface area contributed by atoms with Crippen LogP contribution in [-0.2, 0) is 16.0 Å². The van der Waals surface area contributed by atoms with E-state index in [2.05, 4.69) is 28.3 Å². The van der Waals surface area contributed by atoms with Crippen LogP contribution in [0.1, 0.15) is 30.7 Å². The van der Waals surface area contributed by atoms with E-state index in [1.807, 2.05) is 43.3 Å². The third kappa shape index (κ3) is 4.65. The van der Waals surface area contributed by atoms with Gasteiger partial charge in [-0.25, -0.2) is 4.98 Å². The molecule has 0 bridgehead atoms. The Balaban J connectivity index is 1.96. The number of carbonyl (C=O) groups excluding carboxylic acids is 2. The molecule has 1 aliphatic carbocycles. The Morgan fingerprint density at radius 1 is 1.32 bits per heavy atom. The van der Waals surface area contributed by atoms with E-state index in [1.165, 1.54) is 11.3 Å². The summed E-state index contributed by atoms with van der Waals surface area (Å²) in [7, 11) is 0. The van der Waals surface area contributed by atoms with Crippen molar-refractivity contribution in [1.82, 2.24) is 10.3 Å². The Kier molecular flexibility index (Phi) is 6.83. The van der Waals surface area contributed by atoms with E-state index in [0.717, 1.165) is 28.5 Å². The number of hydrogen-bond donors (Lipinski definition) is 2. The molecule has 31 heavy (non-hydrogen) atoms. The first-order valence-electron chi connectivity index (χ1n) is 10.0. The van der Waals surface area contributed by atoms with Gasteiger partial charge in [-0.3, -0.25) is 9.59 Å². The van der Waals surface area contributed by atoms with Crippen molar-refractivity contribution < 1.29 is 9.59 Å². The fourth-order valence-corrected chi connectivity index (χ4v) is 4.28. The third-order valence-corrected chi connectivity index (χ3v) is 6.51. The molecule has 0 radical (unpaired) electrons. The monoisotopic (exact) mass is 432 g/mol. The van der Waals surface area contributed by atoms with Crippen molar-refractivity contribution in [1.29, 1.82) is 5.26 Å². The molecule has 1 heterocycles. The Hall–Kier alpha value is -3.50. The van der Waals surface area contributed by atoms with Crippen LogP contribution in [0, 0.1) is 22.7 Å². The van der Waals surface area contributed by atoms with Crippen molar-refractivity contribution in [3.8, 4) is 6.07 Å². The molecule has 6 nitrogen and oxygen atoms in total. The van der Waals surface area contributed by atoms with Crippen LogP contribution in [0.25, 0.3) is 5.57 Å². The van der Waals surface area contributed by atoms with Gasteiger partial charge in [-0.05, 0) is 36.1 Å². The summed E-state index contributed by atoms with van der Waals surface area (Å²) in [4.78, 5) is 30.5. The zero-order valence-electron chi connectivity index (χ0n) is 17.5. The molecule has 2 N–H and O–H groups in total. The highest BCUT2D eigenvalue weighted by molar-refractivity contribution is 7.15. The molecule has 1 aromatic heterocycles. The molecule has 7 heteroatoms. The van der Waals surface area contributed by atoms with Gasteiger partial charge in [-0.15, -0.1) is 11.3 Å². The Morgan fingerprint density at radius 2 is 2.06 bits per heavy atom. The lowest BCUT2D eigenvalue weighted by Gasteiger charge is -2.37. The molecule has 1 aromatic carbocycles. The average molecular weight is 433 g/mol. The second kappa shape index (κ2) is 9.54. The highest BCUT2D eigenvalue weighted by atomic mass is 32.1. The van der Waals surface area contributed by atoms with Crippen LogP contribution < -0.4 is 10.6 Å². The summed E-state index contributed by atoms with van der Waals surface area (Å²) in [6, 6.07) is 12.0. The zero-order chi connectivity index (χ0) is 22.4. The number of nitrogens with one attached hydrogen (secondary N) is 2. The van der Waals surface area contributed by atoms with Gasteiger partial charge in [0.25, 0.3) is 0 Å². The smallest absolute Gasteiger partial charge is 0.247 e. The number of nitriles is 1. The lowest BCUT2D eigenvalue weighted by molar-refractivity contribution is -0.122. The van der Waals surface area contributed by atoms with Gasteiger partial charge >= 0.3 is 0 Å². The van der Waals surface area contributed by atoms with Crippen LogP contribution in [0.2, 0.25) is 0 Å². The number of rotatable bonds is 7. The topological polar surface area (TPSA) is 94.9 Å². The zero-order valence-corrected chi connectivity index (χ0v) is 18.3. The molecule has 0 saturated carbocycles. The second-order valence-electron chi connectivity index (χ2n) is 7.29. The van der Waals surface area contributed by atoms with E-state index >= 15 is 0 Å². The summed E-state index contributed by atoms with van der Waals surface area (Å²) in [5.41, 5.74) is 1.01. The fraction of sp³-hybridized carbons (Fsp3) is 0.250. The van der Waals surface area contributed by atoms with Crippen molar-refractivity contribution in [2.75, 3.05) is 5.32 Å². The van der Waals surface area contributed by atoms with Gasteiger partial charge in [-0.1, -0.05) is 56.8 Å². The van der Waals surface area contributed by atoms with Gasteiger partial charge in [0, 0.05) is 16.8 Å². The molecule has 0 fully saturated rings. The maximum Gasteiger partial charge on any atom is 0.247 e. The summed E-state index contributed by atoms with van der Waals surface area (Å²) in [6.45, 7) is 7.21. The van der Waals surface area contributed by atoms with Crippen molar-refractivity contribution in [3.05, 3.63) is 77.5 Å². The number of allylic oxidation sites excluding steroid dienone is 4. The minimum Gasteiger partial charge on any atom is -0.325 e. The normalized spacial score (nSPS) is 18.7. The number of benzene rings is 1. The van der Waals surface area contributed by atoms with Gasteiger partial charge < -0.3 is 10.6 Å². The highest BCUT2D eigenvalue weighted by Crippen LogP contribution is 2.45. The Labute approximate surface area is 186 Å². The van der Waals surface area contributed by atoms with Crippen LogP contribution in [0.5, 0.6) is 0 Å². The van der Waals surface area contributed by atoms with Gasteiger partial charge in [0.1, 0.15) is 5.41 Å². The standard InChI is InChI=1S/C24H24N4O2S/c1-4-19-14-26-23(31-19)28-22(30)16(3)24(15-25)13-18(17-9-7-6-8-10-17)11-12-20(24)27-21(29)5-2/h5-12,14,16H,2,4,13H2,1,3H3,(H,27,29)(H,26,28,30). The minimum atomic E-state index is -1.26. The summed E-state index contributed by atoms with van der Waals surface area (Å²) < 4.78 is 0. The average Bonchev–Trinajstić information content (AvgIpc) is 3.26. The van der Waals surface area contributed by atoms with Crippen LogP contribution in [0.3, 0.4) is 0 Å². The van der Waals surface area contributed by atoms with Crippen molar-refractivity contribution in [2.45, 2.75) is 26.7 Å². The summed E-state index contributed by atoms with van der Waals surface area (Å²) in [5.74, 6) is -1.51. The maximum absolute atomic E-state index is 13.1. The molecule has 2 unspecified atom stereocenters. The summed E-state index contributed by atoms with van der Waals surface area (Å²) in [5, 5.41) is 16.4. The molecular formula is C24H24N4O2S. The molecule has 2 aromatic rings. The van der Waals surface area contributed by atoms with Crippen LogP contribution in [-0.4, -0.2) is 16.8 Å². The fourth-order valence-electron chi connectivity index (χ4n) is 3.52. The van der Waals surface area contributed by atoms with Crippen molar-refractivity contribution >= 4 is 33.9 Å². The summed E-state index contributed by atoms with van der Waals surface area (Å²) >= 11 is 1.41. The number of nitrogens with zero attached hydrogens (tertiary/aromatic N) is 2. The lowest BCUT2D eigenvalue weighted by Crippen LogP contribution is -2.44. The third-order valence-electron chi connectivity index (χ3n) is 5.45. The molecule has 1 aliphatic rings. The summed E-state index contributed by atoms with van der Waals surface area (Å²) in [6.07, 6.45) is 7.57. The molecule has 2 amide bonds. The molecule has 2 atom stereocenters. The molecule has 158 valence electrons. The predicted molar refractivity (Wildman–Crippen MR) is 123 cm³/mol. The van der Waals surface area contributed by atoms with E-state index in [-0.39, 0.29) is 12.3 Å². The molecule has 3 rings (SSSR count). The minimum absolute atomic E-state index is 0.281. The quantitative estimate of drug-likeness (QED) is 0.632. The first-order chi connectivity index (χ1) is 14.9. The number of hydrogen-bond acceptors (Lipinski definition) is 5. The van der Waals surface area contributed by atoms with Gasteiger partial charge in [-0.2, -0.15) is 5.26 Å². The van der Waals surface area contributed by atoms with E-state index in [4.69, 9.17) is 0 Å². The Bertz CT molecular complexity index is 1090. The van der Waals surface area contributed by atoms with E-state index in [0.29, 0.717) is 10.8 Å². The van der Waals surface area contributed by atoms with Crippen LogP contribution in [0.15, 0.2) is 67.0 Å². The largest absolute Gasteiger partial charge is 0.325 e. The van der Waals surface area contributed by atoms with Crippen LogP contribution in [0.4, 0.5) is 5.13 Å². The van der Waals surface area contributed by atoms with E-state index < -0.39 is 17.2 Å². The molecule has 0 aliphatic heterocycles. The number of amides is 2. The second-order valence-corrected chi connectivity index (χ2v) is 8.40. The highest BCUT2D eigenvalue weighted by Gasteiger charge is 2.46. The van der Waals surface area contributed by atoms with Crippen molar-refractivity contribution in [3.63, 3.8) is 0 Å². The molecular weight excluding hydrogens is 408 g/mol. The first-order valence-corrected chi connectivity index (χ1v) is 10.8. The SMILES string of the molecule is C=CC(=O)NC1=CC=C(c2ccccc2)CC1(C#N)C(C)C(=O)Nc1ncc(CC)s1. The number of anilines is 1. The van der Waals surface area contributed by atoms with Gasteiger partial charge in [0.2, 0.25) is 11.8 Å². The lowest BCUT2D eigenvalue weighted by atomic mass is 9.67. The molecule has 0 spiro atoms. The number of aromatic nitrogens is 1. The van der Waals surface area contributed by atoms with E-state index in [1.54, 1.807) is 19.2 Å². The van der Waals surface area contributed by atoms with Crippen molar-refractivity contribution in [2.24, 2.45) is 11.3 Å².